The van der Waals surface area contributed by atoms with Gasteiger partial charge < -0.3 is 9.80 Å². The zero-order chi connectivity index (χ0) is 26.5. The lowest BCUT2D eigenvalue weighted by atomic mass is 10.1. The second-order valence-corrected chi connectivity index (χ2v) is 10.3. The number of carbonyl (C=O) groups excluding carboxylic acids is 1. The van der Waals surface area contributed by atoms with Crippen molar-refractivity contribution in [3.05, 3.63) is 101 Å². The maximum absolute atomic E-state index is 13.9. The summed E-state index contributed by atoms with van der Waals surface area (Å²) in [6.07, 6.45) is 0.765. The number of likely N-dealkylation sites (N-methyl/N-ethyl adjacent to an activating group) is 1. The molecule has 2 fully saturated rings. The topological polar surface area (TPSA) is 53.8 Å². The molecule has 0 aliphatic carbocycles. The number of benzene rings is 3. The Bertz CT molecular complexity index is 1270. The summed E-state index contributed by atoms with van der Waals surface area (Å²) in [5, 5.41) is 9.49. The average molecular weight is 512 g/mol. The maximum Gasteiger partial charge on any atom is 0.240 e. The third-order valence-electron chi connectivity index (χ3n) is 7.82. The van der Waals surface area contributed by atoms with Gasteiger partial charge in [-0.1, -0.05) is 54.6 Å². The minimum Gasteiger partial charge on any atom is -0.367 e. The summed E-state index contributed by atoms with van der Waals surface area (Å²) in [7, 11) is 2.09. The molecule has 7 heteroatoms. The molecule has 5 rings (SSSR count). The van der Waals surface area contributed by atoms with E-state index in [-0.39, 0.29) is 23.8 Å². The highest BCUT2D eigenvalue weighted by molar-refractivity contribution is 5.82. The Labute approximate surface area is 224 Å². The summed E-state index contributed by atoms with van der Waals surface area (Å²) in [4.78, 5) is 22.7. The zero-order valence-corrected chi connectivity index (χ0v) is 21.8. The van der Waals surface area contributed by atoms with Crippen molar-refractivity contribution in [1.29, 1.82) is 5.26 Å². The molecule has 0 bridgehead atoms. The molecule has 0 spiro atoms. The standard InChI is InChI=1S/C31H34FN5O/c1-34(21-25-11-13-27(32)14-12-25)28-19-30(37(23-28)22-24-7-3-2-4-8-24)31(38)36-17-15-35(16-18-36)29-10-6-5-9-26(29)20-33/h2-14,28,30H,15-19,21-23H2,1H3. The highest BCUT2D eigenvalue weighted by Gasteiger charge is 2.40. The van der Waals surface area contributed by atoms with Gasteiger partial charge in [0.1, 0.15) is 11.9 Å². The molecule has 0 aromatic heterocycles. The van der Waals surface area contributed by atoms with Crippen molar-refractivity contribution >= 4 is 11.6 Å². The van der Waals surface area contributed by atoms with Crippen LogP contribution >= 0.6 is 0 Å². The van der Waals surface area contributed by atoms with Crippen molar-refractivity contribution in [1.82, 2.24) is 14.7 Å². The molecule has 38 heavy (non-hydrogen) atoms. The van der Waals surface area contributed by atoms with E-state index in [1.54, 1.807) is 0 Å². The summed E-state index contributed by atoms with van der Waals surface area (Å²) >= 11 is 0. The average Bonchev–Trinajstić information content (AvgIpc) is 3.38. The number of likely N-dealkylation sites (tertiary alicyclic amines) is 1. The van der Waals surface area contributed by atoms with Gasteiger partial charge in [0.15, 0.2) is 0 Å². The molecule has 2 unspecified atom stereocenters. The van der Waals surface area contributed by atoms with Gasteiger partial charge >= 0.3 is 0 Å². The molecular weight excluding hydrogens is 477 g/mol. The van der Waals surface area contributed by atoms with Crippen molar-refractivity contribution in [2.75, 3.05) is 44.7 Å². The molecule has 3 aromatic rings. The van der Waals surface area contributed by atoms with Gasteiger partial charge in [-0.15, -0.1) is 0 Å². The first-order valence-corrected chi connectivity index (χ1v) is 13.3. The molecule has 3 aromatic carbocycles. The van der Waals surface area contributed by atoms with Gasteiger partial charge in [0.25, 0.3) is 0 Å². The van der Waals surface area contributed by atoms with Gasteiger partial charge in [-0.3, -0.25) is 14.6 Å². The molecule has 6 nitrogen and oxygen atoms in total. The van der Waals surface area contributed by atoms with E-state index < -0.39 is 0 Å². The predicted molar refractivity (Wildman–Crippen MR) is 147 cm³/mol. The van der Waals surface area contributed by atoms with E-state index in [1.165, 1.54) is 17.7 Å². The third kappa shape index (κ3) is 5.88. The van der Waals surface area contributed by atoms with Crippen LogP contribution in [0.25, 0.3) is 0 Å². The number of hydrogen-bond donors (Lipinski definition) is 0. The normalized spacial score (nSPS) is 20.1. The molecule has 2 aliphatic heterocycles. The summed E-state index contributed by atoms with van der Waals surface area (Å²) in [5.41, 5.74) is 3.87. The minimum absolute atomic E-state index is 0.186. The summed E-state index contributed by atoms with van der Waals surface area (Å²) < 4.78 is 13.4. The number of nitriles is 1. The van der Waals surface area contributed by atoms with Crippen molar-refractivity contribution < 1.29 is 9.18 Å². The number of para-hydroxylation sites is 1. The number of halogens is 1. The first kappa shape index (κ1) is 25.9. The highest BCUT2D eigenvalue weighted by Crippen LogP contribution is 2.28. The Hall–Kier alpha value is -3.73. The quantitative estimate of drug-likeness (QED) is 0.478. The van der Waals surface area contributed by atoms with E-state index >= 15 is 0 Å². The largest absolute Gasteiger partial charge is 0.367 e. The van der Waals surface area contributed by atoms with E-state index in [0.717, 1.165) is 30.8 Å². The second kappa shape index (κ2) is 11.8. The monoisotopic (exact) mass is 511 g/mol. The fraction of sp³-hybridized carbons (Fsp3) is 0.355. The molecule has 0 radical (unpaired) electrons. The SMILES string of the molecule is CN(Cc1ccc(F)cc1)C1CC(C(=O)N2CCN(c3ccccc3C#N)CC2)N(Cc2ccccc2)C1. The smallest absolute Gasteiger partial charge is 0.240 e. The second-order valence-electron chi connectivity index (χ2n) is 10.3. The Kier molecular flexibility index (Phi) is 8.02. The van der Waals surface area contributed by atoms with E-state index in [1.807, 2.05) is 59.5 Å². The van der Waals surface area contributed by atoms with Crippen LogP contribution in [0, 0.1) is 17.1 Å². The van der Waals surface area contributed by atoms with Gasteiger partial charge in [-0.25, -0.2) is 4.39 Å². The first-order chi connectivity index (χ1) is 18.5. The van der Waals surface area contributed by atoms with Gasteiger partial charge in [0.2, 0.25) is 5.91 Å². The molecular formula is C31H34FN5O. The minimum atomic E-state index is -0.229. The van der Waals surface area contributed by atoms with E-state index in [4.69, 9.17) is 0 Å². The molecule has 1 amide bonds. The number of piperazine rings is 1. The van der Waals surface area contributed by atoms with E-state index in [2.05, 4.69) is 39.9 Å². The van der Waals surface area contributed by atoms with Gasteiger partial charge in [0, 0.05) is 51.9 Å². The lowest BCUT2D eigenvalue weighted by Gasteiger charge is -2.38. The van der Waals surface area contributed by atoms with Crippen molar-refractivity contribution in [3.63, 3.8) is 0 Å². The van der Waals surface area contributed by atoms with Crippen LogP contribution in [0.2, 0.25) is 0 Å². The van der Waals surface area contributed by atoms with Crippen LogP contribution in [-0.4, -0.2) is 72.5 Å². The summed E-state index contributed by atoms with van der Waals surface area (Å²) in [6.45, 7) is 4.95. The molecule has 2 atom stereocenters. The number of amides is 1. The number of carbonyl (C=O) groups is 1. The lowest BCUT2D eigenvalue weighted by molar-refractivity contribution is -0.136. The molecule has 2 heterocycles. The molecule has 2 saturated heterocycles. The third-order valence-corrected chi connectivity index (χ3v) is 7.82. The number of hydrogen-bond acceptors (Lipinski definition) is 5. The Morgan fingerprint density at radius 2 is 1.63 bits per heavy atom. The number of nitrogens with zero attached hydrogens (tertiary/aromatic N) is 5. The van der Waals surface area contributed by atoms with Crippen LogP contribution in [0.4, 0.5) is 10.1 Å². The van der Waals surface area contributed by atoms with E-state index in [0.29, 0.717) is 38.3 Å². The number of anilines is 1. The van der Waals surface area contributed by atoms with Crippen molar-refractivity contribution in [3.8, 4) is 6.07 Å². The zero-order valence-electron chi connectivity index (χ0n) is 21.8. The highest BCUT2D eigenvalue weighted by atomic mass is 19.1. The van der Waals surface area contributed by atoms with Crippen LogP contribution < -0.4 is 4.90 Å². The molecule has 0 saturated carbocycles. The first-order valence-electron chi connectivity index (χ1n) is 13.3. The lowest BCUT2D eigenvalue weighted by Crippen LogP contribution is -2.53. The maximum atomic E-state index is 13.9. The van der Waals surface area contributed by atoms with Crippen molar-refractivity contribution in [2.45, 2.75) is 31.6 Å². The van der Waals surface area contributed by atoms with E-state index in [9.17, 15) is 14.4 Å². The summed E-state index contributed by atoms with van der Waals surface area (Å²) in [6, 6.07) is 27.0. The Morgan fingerprint density at radius 1 is 0.947 bits per heavy atom. The van der Waals surface area contributed by atoms with Crippen molar-refractivity contribution in [2.24, 2.45) is 0 Å². The van der Waals surface area contributed by atoms with Crippen LogP contribution in [0.3, 0.4) is 0 Å². The van der Waals surface area contributed by atoms with Crippen LogP contribution in [0.5, 0.6) is 0 Å². The fourth-order valence-corrected chi connectivity index (χ4v) is 5.68. The number of rotatable bonds is 7. The Balaban J connectivity index is 1.27. The molecule has 196 valence electrons. The van der Waals surface area contributed by atoms with Gasteiger partial charge in [-0.2, -0.15) is 5.26 Å². The van der Waals surface area contributed by atoms with Gasteiger partial charge in [0.05, 0.1) is 17.3 Å². The van der Waals surface area contributed by atoms with Crippen LogP contribution in [0.1, 0.15) is 23.1 Å². The molecule has 0 N–H and O–H groups in total. The summed E-state index contributed by atoms with van der Waals surface area (Å²) in [5.74, 6) is -0.0417. The molecule has 2 aliphatic rings. The van der Waals surface area contributed by atoms with Gasteiger partial charge in [-0.05, 0) is 48.9 Å². The predicted octanol–water partition coefficient (Wildman–Crippen LogP) is 4.12. The van der Waals surface area contributed by atoms with Crippen LogP contribution in [0.15, 0.2) is 78.9 Å². The fourth-order valence-electron chi connectivity index (χ4n) is 5.68. The van der Waals surface area contributed by atoms with Crippen LogP contribution in [-0.2, 0) is 17.9 Å². The Morgan fingerprint density at radius 3 is 2.34 bits per heavy atom.